The minimum Gasteiger partial charge on any atom is -0.378 e. The molecule has 1 saturated heterocycles. The number of epoxide rings is 1. The molecule has 1 heterocycles. The van der Waals surface area contributed by atoms with Crippen LogP contribution in [0.15, 0.2) is 0 Å². The molecule has 0 amide bonds. The highest BCUT2D eigenvalue weighted by Gasteiger charge is 2.43. The van der Waals surface area contributed by atoms with Crippen LogP contribution in [0, 0.1) is 5.92 Å². The summed E-state index contributed by atoms with van der Waals surface area (Å²) in [7, 11) is 0. The van der Waals surface area contributed by atoms with Crippen molar-refractivity contribution in [3.63, 3.8) is 0 Å². The lowest BCUT2D eigenvalue weighted by Crippen LogP contribution is -2.46. The fraction of sp³-hybridized carbons (Fsp3) is 1.00. The minimum atomic E-state index is -0.946. The molecule has 2 unspecified atom stereocenters. The van der Waals surface area contributed by atoms with Gasteiger partial charge >= 0.3 is 0 Å². The van der Waals surface area contributed by atoms with Crippen LogP contribution in [-0.2, 0) is 29.0 Å². The third kappa shape index (κ3) is 11.1. The summed E-state index contributed by atoms with van der Waals surface area (Å²) in [4.78, 5) is 22.6. The molecule has 0 N–H and O–H groups in total. The fourth-order valence-electron chi connectivity index (χ4n) is 3.11. The summed E-state index contributed by atoms with van der Waals surface area (Å²) in [5.74, 6) is -0.908. The zero-order chi connectivity index (χ0) is 20.5. The maximum absolute atomic E-state index is 5.94. The Labute approximate surface area is 172 Å². The molecule has 168 valence electrons. The maximum Gasteiger partial charge on any atom is 0.238 e. The Morgan fingerprint density at radius 3 is 2.00 bits per heavy atom. The molecule has 0 aromatic heterocycles. The normalized spacial score (nSPS) is 17.8. The van der Waals surface area contributed by atoms with Gasteiger partial charge in [0.1, 0.15) is 6.10 Å². The van der Waals surface area contributed by atoms with E-state index in [1.54, 1.807) is 0 Å². The van der Waals surface area contributed by atoms with E-state index in [-0.39, 0.29) is 12.0 Å². The number of hydrogen-bond acceptors (Lipinski definition) is 6. The van der Waals surface area contributed by atoms with Gasteiger partial charge in [0.25, 0.3) is 0 Å². The van der Waals surface area contributed by atoms with Crippen molar-refractivity contribution < 1.29 is 29.0 Å². The van der Waals surface area contributed by atoms with Gasteiger partial charge < -0.3 is 9.47 Å². The lowest BCUT2D eigenvalue weighted by molar-refractivity contribution is -0.526. The lowest BCUT2D eigenvalue weighted by Gasteiger charge is -2.36. The van der Waals surface area contributed by atoms with Crippen LogP contribution in [-0.4, -0.2) is 44.9 Å². The third-order valence-electron chi connectivity index (χ3n) is 5.02. The summed E-state index contributed by atoms with van der Waals surface area (Å²) in [6.45, 7) is 11.4. The van der Waals surface area contributed by atoms with Crippen molar-refractivity contribution in [3.8, 4) is 0 Å². The van der Waals surface area contributed by atoms with Crippen molar-refractivity contribution in [1.29, 1.82) is 0 Å². The van der Waals surface area contributed by atoms with Crippen LogP contribution in [0.1, 0.15) is 91.9 Å². The third-order valence-corrected chi connectivity index (χ3v) is 5.02. The first-order chi connectivity index (χ1) is 13.7. The quantitative estimate of drug-likeness (QED) is 0.0817. The van der Waals surface area contributed by atoms with Gasteiger partial charge in [-0.15, -0.1) is 0 Å². The van der Waals surface area contributed by atoms with Gasteiger partial charge in [-0.25, -0.2) is 9.78 Å². The standard InChI is InChI=1S/C22H44O6/c1-5-9-10-11-12-13-14-20(17-23-18-21-19-24-21)22(8-4,27-25-15-6-2)28-26-16-7-3/h20-21H,5-19H2,1-4H3. The second kappa shape index (κ2) is 16.5. The van der Waals surface area contributed by atoms with E-state index in [0.717, 1.165) is 32.3 Å². The van der Waals surface area contributed by atoms with E-state index in [9.17, 15) is 0 Å². The van der Waals surface area contributed by atoms with E-state index < -0.39 is 5.79 Å². The SMILES string of the molecule is CCCCCCCCC(COCC1CO1)C(CC)(OOCCC)OOCCC. The predicted molar refractivity (Wildman–Crippen MR) is 110 cm³/mol. The van der Waals surface area contributed by atoms with Crippen molar-refractivity contribution in [1.82, 2.24) is 0 Å². The topological polar surface area (TPSA) is 58.7 Å². The summed E-state index contributed by atoms with van der Waals surface area (Å²) in [5.41, 5.74) is 0. The molecule has 0 saturated carbocycles. The molecule has 0 spiro atoms. The van der Waals surface area contributed by atoms with E-state index in [4.69, 9.17) is 29.0 Å². The predicted octanol–water partition coefficient (Wildman–Crippen LogP) is 5.59. The largest absolute Gasteiger partial charge is 0.378 e. The summed E-state index contributed by atoms with van der Waals surface area (Å²) in [6.07, 6.45) is 11.1. The molecule has 1 aliphatic rings. The molecule has 0 bridgehead atoms. The first-order valence-corrected chi connectivity index (χ1v) is 11.5. The van der Waals surface area contributed by atoms with Gasteiger partial charge in [-0.3, -0.25) is 0 Å². The first kappa shape index (κ1) is 25.8. The minimum absolute atomic E-state index is 0.0381. The van der Waals surface area contributed by atoms with Crippen LogP contribution in [0.3, 0.4) is 0 Å². The number of ether oxygens (including phenoxy) is 2. The highest BCUT2D eigenvalue weighted by molar-refractivity contribution is 4.78. The molecule has 28 heavy (non-hydrogen) atoms. The second-order valence-electron chi connectivity index (χ2n) is 7.72. The summed E-state index contributed by atoms with van der Waals surface area (Å²) < 4.78 is 11.2. The van der Waals surface area contributed by atoms with Gasteiger partial charge in [0, 0.05) is 12.3 Å². The average Bonchev–Trinajstić information content (AvgIpc) is 3.53. The van der Waals surface area contributed by atoms with Crippen LogP contribution in [0.5, 0.6) is 0 Å². The molecule has 0 aromatic carbocycles. The molecule has 2 atom stereocenters. The van der Waals surface area contributed by atoms with E-state index in [1.807, 2.05) is 6.92 Å². The lowest BCUT2D eigenvalue weighted by atomic mass is 9.91. The molecule has 0 radical (unpaired) electrons. The van der Waals surface area contributed by atoms with Gasteiger partial charge in [0.05, 0.1) is 33.0 Å². The highest BCUT2D eigenvalue weighted by atomic mass is 17.3. The Morgan fingerprint density at radius 2 is 1.46 bits per heavy atom. The first-order valence-electron chi connectivity index (χ1n) is 11.5. The summed E-state index contributed by atoms with van der Waals surface area (Å²) in [6, 6.07) is 0. The van der Waals surface area contributed by atoms with Crippen LogP contribution in [0.4, 0.5) is 0 Å². The van der Waals surface area contributed by atoms with Crippen LogP contribution in [0.25, 0.3) is 0 Å². The van der Waals surface area contributed by atoms with Crippen molar-refractivity contribution in [3.05, 3.63) is 0 Å². The molecular formula is C22H44O6. The van der Waals surface area contributed by atoms with Crippen molar-refractivity contribution >= 4 is 0 Å². The van der Waals surface area contributed by atoms with Crippen LogP contribution < -0.4 is 0 Å². The Balaban J connectivity index is 2.65. The van der Waals surface area contributed by atoms with Gasteiger partial charge in [-0.1, -0.05) is 66.2 Å². The molecule has 1 rings (SSSR count). The van der Waals surface area contributed by atoms with Gasteiger partial charge in [-0.2, -0.15) is 9.78 Å². The van der Waals surface area contributed by atoms with E-state index in [2.05, 4.69) is 20.8 Å². The molecular weight excluding hydrogens is 360 g/mol. The monoisotopic (exact) mass is 404 g/mol. The molecule has 1 fully saturated rings. The summed E-state index contributed by atoms with van der Waals surface area (Å²) >= 11 is 0. The molecule has 6 nitrogen and oxygen atoms in total. The van der Waals surface area contributed by atoms with Gasteiger partial charge in [0.15, 0.2) is 0 Å². The Hall–Kier alpha value is -0.240. The maximum atomic E-state index is 5.94. The Kier molecular flexibility index (Phi) is 15.2. The Bertz CT molecular complexity index is 338. The average molecular weight is 405 g/mol. The molecule has 0 aromatic rings. The Morgan fingerprint density at radius 1 is 0.857 bits per heavy atom. The van der Waals surface area contributed by atoms with E-state index in [1.165, 1.54) is 32.1 Å². The second-order valence-corrected chi connectivity index (χ2v) is 7.72. The number of rotatable bonds is 21. The van der Waals surface area contributed by atoms with Crippen molar-refractivity contribution in [2.24, 2.45) is 5.92 Å². The number of unbranched alkanes of at least 4 members (excludes halogenated alkanes) is 5. The smallest absolute Gasteiger partial charge is 0.238 e. The molecule has 0 aliphatic carbocycles. The van der Waals surface area contributed by atoms with E-state index in [0.29, 0.717) is 32.8 Å². The van der Waals surface area contributed by atoms with Crippen LogP contribution >= 0.6 is 0 Å². The number of hydrogen-bond donors (Lipinski definition) is 0. The van der Waals surface area contributed by atoms with Crippen LogP contribution in [0.2, 0.25) is 0 Å². The highest BCUT2D eigenvalue weighted by Crippen LogP contribution is 2.33. The zero-order valence-electron chi connectivity index (χ0n) is 18.7. The van der Waals surface area contributed by atoms with Gasteiger partial charge in [0.2, 0.25) is 5.79 Å². The van der Waals surface area contributed by atoms with Gasteiger partial charge in [-0.05, 0) is 19.3 Å². The fourth-order valence-corrected chi connectivity index (χ4v) is 3.11. The molecule has 6 heteroatoms. The van der Waals surface area contributed by atoms with Crippen molar-refractivity contribution in [2.45, 2.75) is 104 Å². The molecule has 1 aliphatic heterocycles. The zero-order valence-corrected chi connectivity index (χ0v) is 18.7. The van der Waals surface area contributed by atoms with E-state index >= 15 is 0 Å². The summed E-state index contributed by atoms with van der Waals surface area (Å²) in [5, 5.41) is 0. The van der Waals surface area contributed by atoms with Crippen molar-refractivity contribution in [2.75, 3.05) is 33.0 Å².